The number of nitrogens with zero attached hydrogens (tertiary/aromatic N) is 1. The number of amides is 3. The van der Waals surface area contributed by atoms with Gasteiger partial charge in [-0.25, -0.2) is 0 Å². The highest BCUT2D eigenvalue weighted by Crippen LogP contribution is 2.23. The molecule has 1 aliphatic rings. The molecule has 1 unspecified atom stereocenters. The van der Waals surface area contributed by atoms with Gasteiger partial charge >= 0.3 is 0 Å². The zero-order valence-corrected chi connectivity index (χ0v) is 14.6. The molecule has 3 amide bonds. The molecule has 8 heteroatoms. The SMILES string of the molecule is COc1cc(NC(C)=O)ccc1C(=O)NCC1CN(C(C)=O)CCO1. The van der Waals surface area contributed by atoms with Crippen LogP contribution >= 0.6 is 0 Å². The minimum absolute atomic E-state index is 0.00476. The van der Waals surface area contributed by atoms with E-state index in [-0.39, 0.29) is 23.8 Å². The third kappa shape index (κ3) is 5.18. The Bertz CT molecular complexity index is 662. The Kier molecular flexibility index (Phi) is 6.35. The maximum absolute atomic E-state index is 12.4. The van der Waals surface area contributed by atoms with Crippen molar-refractivity contribution in [1.29, 1.82) is 0 Å². The molecule has 136 valence electrons. The molecule has 1 aromatic carbocycles. The van der Waals surface area contributed by atoms with Crippen molar-refractivity contribution in [2.75, 3.05) is 38.7 Å². The first kappa shape index (κ1) is 18.7. The van der Waals surface area contributed by atoms with Crippen LogP contribution in [0, 0.1) is 0 Å². The number of hydrogen-bond acceptors (Lipinski definition) is 5. The fraction of sp³-hybridized carbons (Fsp3) is 0.471. The first-order valence-corrected chi connectivity index (χ1v) is 8.01. The van der Waals surface area contributed by atoms with Gasteiger partial charge in [-0.15, -0.1) is 0 Å². The van der Waals surface area contributed by atoms with Gasteiger partial charge in [0.25, 0.3) is 5.91 Å². The zero-order chi connectivity index (χ0) is 18.4. The quantitative estimate of drug-likeness (QED) is 0.813. The maximum Gasteiger partial charge on any atom is 0.255 e. The Morgan fingerprint density at radius 3 is 2.72 bits per heavy atom. The molecule has 1 fully saturated rings. The Balaban J connectivity index is 1.98. The molecule has 1 aromatic rings. The molecule has 0 bridgehead atoms. The Labute approximate surface area is 146 Å². The number of carbonyl (C=O) groups is 3. The smallest absolute Gasteiger partial charge is 0.255 e. The van der Waals surface area contributed by atoms with E-state index in [0.29, 0.717) is 43.2 Å². The van der Waals surface area contributed by atoms with Crippen LogP contribution in [0.2, 0.25) is 0 Å². The number of nitrogens with one attached hydrogen (secondary N) is 2. The van der Waals surface area contributed by atoms with Gasteiger partial charge < -0.3 is 25.0 Å². The van der Waals surface area contributed by atoms with Gasteiger partial charge in [-0.2, -0.15) is 0 Å². The number of methoxy groups -OCH3 is 1. The Morgan fingerprint density at radius 1 is 1.32 bits per heavy atom. The largest absolute Gasteiger partial charge is 0.496 e. The second-order valence-electron chi connectivity index (χ2n) is 5.76. The fourth-order valence-electron chi connectivity index (χ4n) is 2.59. The molecule has 2 rings (SSSR count). The summed E-state index contributed by atoms with van der Waals surface area (Å²) < 4.78 is 10.8. The number of carbonyl (C=O) groups excluding carboxylic acids is 3. The van der Waals surface area contributed by atoms with Crippen LogP contribution in [0.15, 0.2) is 18.2 Å². The second-order valence-corrected chi connectivity index (χ2v) is 5.76. The summed E-state index contributed by atoms with van der Waals surface area (Å²) in [5.74, 6) is -0.160. The molecule has 2 N–H and O–H groups in total. The van der Waals surface area contributed by atoms with E-state index < -0.39 is 0 Å². The summed E-state index contributed by atoms with van der Waals surface area (Å²) in [5.41, 5.74) is 0.907. The van der Waals surface area contributed by atoms with Crippen LogP contribution < -0.4 is 15.4 Å². The summed E-state index contributed by atoms with van der Waals surface area (Å²) in [6.45, 7) is 4.69. The summed E-state index contributed by atoms with van der Waals surface area (Å²) >= 11 is 0. The molecule has 1 atom stereocenters. The summed E-state index contributed by atoms with van der Waals surface area (Å²) in [6, 6.07) is 4.81. The van der Waals surface area contributed by atoms with E-state index in [2.05, 4.69) is 10.6 Å². The predicted molar refractivity (Wildman–Crippen MR) is 91.6 cm³/mol. The lowest BCUT2D eigenvalue weighted by molar-refractivity contribution is -0.136. The number of ether oxygens (including phenoxy) is 2. The second kappa shape index (κ2) is 8.48. The molecule has 0 aromatic heterocycles. The normalized spacial score (nSPS) is 16.9. The van der Waals surface area contributed by atoms with Crippen molar-refractivity contribution < 1.29 is 23.9 Å². The highest BCUT2D eigenvalue weighted by Gasteiger charge is 2.23. The summed E-state index contributed by atoms with van der Waals surface area (Å²) in [7, 11) is 1.46. The van der Waals surface area contributed by atoms with Crippen molar-refractivity contribution in [1.82, 2.24) is 10.2 Å². The van der Waals surface area contributed by atoms with Gasteiger partial charge in [-0.05, 0) is 12.1 Å². The first-order valence-electron chi connectivity index (χ1n) is 8.01. The molecule has 1 heterocycles. The number of rotatable bonds is 5. The highest BCUT2D eigenvalue weighted by molar-refractivity contribution is 5.98. The number of anilines is 1. The van der Waals surface area contributed by atoms with Crippen LogP contribution in [0.3, 0.4) is 0 Å². The minimum Gasteiger partial charge on any atom is -0.496 e. The van der Waals surface area contributed by atoms with Gasteiger partial charge in [0, 0.05) is 45.2 Å². The zero-order valence-electron chi connectivity index (χ0n) is 14.6. The van der Waals surface area contributed by atoms with Gasteiger partial charge in [0.1, 0.15) is 5.75 Å². The van der Waals surface area contributed by atoms with Gasteiger partial charge in [0.15, 0.2) is 0 Å². The number of hydrogen-bond donors (Lipinski definition) is 2. The van der Waals surface area contributed by atoms with Crippen LogP contribution in [0.25, 0.3) is 0 Å². The van der Waals surface area contributed by atoms with Crippen molar-refractivity contribution in [3.05, 3.63) is 23.8 Å². The van der Waals surface area contributed by atoms with Crippen LogP contribution in [-0.2, 0) is 14.3 Å². The Hall–Kier alpha value is -2.61. The van der Waals surface area contributed by atoms with Gasteiger partial charge in [0.05, 0.1) is 25.4 Å². The highest BCUT2D eigenvalue weighted by atomic mass is 16.5. The molecule has 1 saturated heterocycles. The number of morpholine rings is 1. The Morgan fingerprint density at radius 2 is 2.08 bits per heavy atom. The molecule has 1 aliphatic heterocycles. The standard InChI is InChI=1S/C17H23N3O5/c1-11(21)19-13-4-5-15(16(8-13)24-3)17(23)18-9-14-10-20(12(2)22)6-7-25-14/h4-5,8,14H,6-7,9-10H2,1-3H3,(H,18,23)(H,19,21). The lowest BCUT2D eigenvalue weighted by Crippen LogP contribution is -2.49. The van der Waals surface area contributed by atoms with E-state index in [4.69, 9.17) is 9.47 Å². The van der Waals surface area contributed by atoms with Crippen LogP contribution in [0.1, 0.15) is 24.2 Å². The van der Waals surface area contributed by atoms with Gasteiger partial charge in [-0.3, -0.25) is 14.4 Å². The van der Waals surface area contributed by atoms with Gasteiger partial charge in [0.2, 0.25) is 11.8 Å². The molecule has 0 spiro atoms. The van der Waals surface area contributed by atoms with E-state index in [0.717, 1.165) is 0 Å². The first-order chi connectivity index (χ1) is 11.9. The lowest BCUT2D eigenvalue weighted by atomic mass is 10.1. The van der Waals surface area contributed by atoms with Crippen molar-refractivity contribution in [3.63, 3.8) is 0 Å². The molecule has 25 heavy (non-hydrogen) atoms. The molecular weight excluding hydrogens is 326 g/mol. The number of benzene rings is 1. The van der Waals surface area contributed by atoms with E-state index in [1.807, 2.05) is 0 Å². The van der Waals surface area contributed by atoms with E-state index in [9.17, 15) is 14.4 Å². The molecule has 0 radical (unpaired) electrons. The minimum atomic E-state index is -0.310. The third-order valence-electron chi connectivity index (χ3n) is 3.84. The molecule has 0 saturated carbocycles. The van der Waals surface area contributed by atoms with Crippen LogP contribution in [0.4, 0.5) is 5.69 Å². The fourth-order valence-corrected chi connectivity index (χ4v) is 2.59. The monoisotopic (exact) mass is 349 g/mol. The van der Waals surface area contributed by atoms with E-state index >= 15 is 0 Å². The van der Waals surface area contributed by atoms with Crippen molar-refractivity contribution in [2.45, 2.75) is 20.0 Å². The maximum atomic E-state index is 12.4. The van der Waals surface area contributed by atoms with Crippen molar-refractivity contribution in [3.8, 4) is 5.75 Å². The average molecular weight is 349 g/mol. The molecule has 0 aliphatic carbocycles. The summed E-state index contributed by atoms with van der Waals surface area (Å²) in [6.07, 6.45) is -0.244. The van der Waals surface area contributed by atoms with Gasteiger partial charge in [-0.1, -0.05) is 0 Å². The molecule has 8 nitrogen and oxygen atoms in total. The van der Waals surface area contributed by atoms with E-state index in [1.54, 1.807) is 23.1 Å². The van der Waals surface area contributed by atoms with Crippen LogP contribution in [0.5, 0.6) is 5.75 Å². The molecular formula is C17H23N3O5. The van der Waals surface area contributed by atoms with E-state index in [1.165, 1.54) is 21.0 Å². The topological polar surface area (TPSA) is 97.0 Å². The predicted octanol–water partition coefficient (Wildman–Crippen LogP) is 0.631. The summed E-state index contributed by atoms with van der Waals surface area (Å²) in [4.78, 5) is 36.6. The lowest BCUT2D eigenvalue weighted by Gasteiger charge is -2.32. The van der Waals surface area contributed by atoms with Crippen LogP contribution in [-0.4, -0.2) is 62.1 Å². The third-order valence-corrected chi connectivity index (χ3v) is 3.84. The average Bonchev–Trinajstić information content (AvgIpc) is 2.59. The van der Waals surface area contributed by atoms with Crippen molar-refractivity contribution in [2.24, 2.45) is 0 Å². The van der Waals surface area contributed by atoms with Crippen molar-refractivity contribution >= 4 is 23.4 Å². The summed E-state index contributed by atoms with van der Waals surface area (Å²) in [5, 5.41) is 5.43.